The highest BCUT2D eigenvalue weighted by Gasteiger charge is 2.38. The molecule has 2 fully saturated rings. The van der Waals surface area contributed by atoms with E-state index >= 15 is 4.39 Å². The molecule has 2 aliphatic carbocycles. The van der Waals surface area contributed by atoms with Crippen molar-refractivity contribution in [1.29, 1.82) is 0 Å². The minimum Gasteiger partial charge on any atom is -0.492 e. The molecule has 0 saturated heterocycles. The van der Waals surface area contributed by atoms with Gasteiger partial charge in [-0.2, -0.15) is 4.31 Å². The lowest BCUT2D eigenvalue weighted by atomic mass is 9.99. The second kappa shape index (κ2) is 15.2. The summed E-state index contributed by atoms with van der Waals surface area (Å²) in [4.78, 5) is 26.1. The first-order valence-corrected chi connectivity index (χ1v) is 19.0. The number of anilines is 1. The second-order valence-corrected chi connectivity index (χ2v) is 15.8. The third-order valence-electron chi connectivity index (χ3n) is 8.96. The highest BCUT2D eigenvalue weighted by Crippen LogP contribution is 2.46. The van der Waals surface area contributed by atoms with Gasteiger partial charge in [0.2, 0.25) is 15.9 Å². The molecule has 0 spiro atoms. The third kappa shape index (κ3) is 7.85. The van der Waals surface area contributed by atoms with E-state index in [0.29, 0.717) is 16.1 Å². The number of carbonyl (C=O) groups excluding carboxylic acids is 1. The average Bonchev–Trinajstić information content (AvgIpc) is 4.03. The van der Waals surface area contributed by atoms with Crippen LogP contribution >= 0.6 is 27.5 Å². The molecule has 6 rings (SSSR count). The Balaban J connectivity index is 1.48. The molecule has 4 aromatic rings. The third-order valence-corrected chi connectivity index (χ3v) is 12.2. The summed E-state index contributed by atoms with van der Waals surface area (Å²) >= 11 is 8.93. The summed E-state index contributed by atoms with van der Waals surface area (Å²) in [6.45, 7) is -0.0420. The Hall–Kier alpha value is -3.98. The normalized spacial score (nSPS) is 14.5. The highest BCUT2D eigenvalue weighted by molar-refractivity contribution is 9.10. The fraction of sp³-hybridized carbons (Fsp3) is 0.297. The number of hydrogen-bond acceptors (Lipinski definition) is 5. The predicted molar refractivity (Wildman–Crippen MR) is 189 cm³/mol. The summed E-state index contributed by atoms with van der Waals surface area (Å²) < 4.78 is 92.1. The molecule has 2 saturated carbocycles. The molecule has 2 aliphatic rings. The number of carbonyl (C=O) groups is 2. The maximum atomic E-state index is 15.3. The summed E-state index contributed by atoms with van der Waals surface area (Å²) in [7, 11) is -5.33. The van der Waals surface area contributed by atoms with Gasteiger partial charge in [-0.25, -0.2) is 30.8 Å². The van der Waals surface area contributed by atoms with E-state index in [-0.39, 0.29) is 40.7 Å². The van der Waals surface area contributed by atoms with Crippen molar-refractivity contribution in [2.75, 3.05) is 18.1 Å². The van der Waals surface area contributed by atoms with Gasteiger partial charge in [-0.3, -0.25) is 4.79 Å². The Bertz CT molecular complexity index is 2120. The standard InChI is InChI=1S/C37H32BrClF4N2O6S/c1-2-51-29-16-23(37(47)48)11-12-28(29)45(17-20-13-25(21-7-8-21)15-26(14-20)22-9-10-22)30(46)19-44(18-24-5-3-4-6-27(24)39)52(49,50)36-31(38)32(40)33(41)34(42)35(36)43/h3-6,11-16,21-22H,2,7-10,17-19H2,1H3,(H,47,48). The topological polar surface area (TPSA) is 104 Å². The van der Waals surface area contributed by atoms with Crippen molar-refractivity contribution in [2.45, 2.75) is 62.4 Å². The zero-order valence-electron chi connectivity index (χ0n) is 27.6. The molecular formula is C37H32BrClF4N2O6S. The summed E-state index contributed by atoms with van der Waals surface area (Å²) in [6, 6.07) is 16.0. The van der Waals surface area contributed by atoms with E-state index in [9.17, 15) is 36.3 Å². The van der Waals surface area contributed by atoms with Crippen LogP contribution in [0.5, 0.6) is 5.75 Å². The van der Waals surface area contributed by atoms with Crippen LogP contribution < -0.4 is 9.64 Å². The van der Waals surface area contributed by atoms with Crippen molar-refractivity contribution in [1.82, 2.24) is 4.31 Å². The second-order valence-electron chi connectivity index (χ2n) is 12.7. The van der Waals surface area contributed by atoms with Gasteiger partial charge in [-0.15, -0.1) is 0 Å². The molecule has 0 unspecified atom stereocenters. The Morgan fingerprint density at radius 3 is 2.08 bits per heavy atom. The Kier molecular flexibility index (Phi) is 11.0. The zero-order chi connectivity index (χ0) is 37.5. The molecule has 1 N–H and O–H groups in total. The maximum Gasteiger partial charge on any atom is 0.335 e. The average molecular weight is 824 g/mol. The van der Waals surface area contributed by atoms with Gasteiger partial charge in [0, 0.05) is 11.6 Å². The lowest BCUT2D eigenvalue weighted by molar-refractivity contribution is -0.119. The minimum absolute atomic E-state index is 0.0218. The number of ether oxygens (including phenoxy) is 1. The first kappa shape index (κ1) is 37.8. The molecule has 8 nitrogen and oxygen atoms in total. The summed E-state index contributed by atoms with van der Waals surface area (Å²) in [5.41, 5.74) is 3.10. The van der Waals surface area contributed by atoms with Gasteiger partial charge in [-0.1, -0.05) is 48.0 Å². The van der Waals surface area contributed by atoms with Crippen molar-refractivity contribution in [3.05, 3.63) is 121 Å². The highest BCUT2D eigenvalue weighted by atomic mass is 79.9. The molecule has 0 atom stereocenters. The van der Waals surface area contributed by atoms with Crippen molar-refractivity contribution in [2.24, 2.45) is 0 Å². The number of carboxylic acid groups (broad SMARTS) is 1. The largest absolute Gasteiger partial charge is 0.492 e. The van der Waals surface area contributed by atoms with Crippen molar-refractivity contribution in [3.8, 4) is 5.75 Å². The SMILES string of the molecule is CCOc1cc(C(=O)O)ccc1N(Cc1cc(C2CC2)cc(C2CC2)c1)C(=O)CN(Cc1ccccc1Cl)S(=O)(=O)c1c(F)c(F)c(F)c(F)c1Br. The van der Waals surface area contributed by atoms with Gasteiger partial charge < -0.3 is 14.7 Å². The van der Waals surface area contributed by atoms with Crippen LogP contribution in [-0.2, 0) is 27.9 Å². The van der Waals surface area contributed by atoms with E-state index in [1.165, 1.54) is 41.3 Å². The molecule has 0 radical (unpaired) electrons. The lowest BCUT2D eigenvalue weighted by Crippen LogP contribution is -2.43. The van der Waals surface area contributed by atoms with E-state index in [0.717, 1.165) is 42.4 Å². The first-order valence-electron chi connectivity index (χ1n) is 16.4. The fourth-order valence-electron chi connectivity index (χ4n) is 5.99. The van der Waals surface area contributed by atoms with Gasteiger partial charge in [0.15, 0.2) is 23.3 Å². The lowest BCUT2D eigenvalue weighted by Gasteiger charge is -2.29. The quantitative estimate of drug-likeness (QED) is 0.0774. The number of sulfonamides is 1. The van der Waals surface area contributed by atoms with Crippen LogP contribution in [0.2, 0.25) is 5.02 Å². The van der Waals surface area contributed by atoms with Crippen LogP contribution in [0.3, 0.4) is 0 Å². The van der Waals surface area contributed by atoms with Gasteiger partial charge in [0.1, 0.15) is 10.6 Å². The van der Waals surface area contributed by atoms with Crippen molar-refractivity contribution >= 4 is 55.1 Å². The maximum absolute atomic E-state index is 15.3. The molecule has 274 valence electrons. The molecule has 4 aromatic carbocycles. The predicted octanol–water partition coefficient (Wildman–Crippen LogP) is 8.93. The van der Waals surface area contributed by atoms with Crippen LogP contribution in [0.25, 0.3) is 0 Å². The van der Waals surface area contributed by atoms with E-state index in [2.05, 4.69) is 22.0 Å². The van der Waals surface area contributed by atoms with Crippen LogP contribution in [0.4, 0.5) is 23.2 Å². The van der Waals surface area contributed by atoms with Gasteiger partial charge in [0.25, 0.3) is 0 Å². The number of amides is 1. The molecule has 0 heterocycles. The van der Waals surface area contributed by atoms with Gasteiger partial charge >= 0.3 is 5.97 Å². The van der Waals surface area contributed by atoms with E-state index < -0.39 is 67.6 Å². The van der Waals surface area contributed by atoms with E-state index in [1.807, 2.05) is 12.1 Å². The van der Waals surface area contributed by atoms with Crippen LogP contribution in [-0.4, -0.2) is 42.9 Å². The first-order chi connectivity index (χ1) is 24.7. The molecule has 15 heteroatoms. The molecule has 0 bridgehead atoms. The molecule has 1 amide bonds. The number of nitrogens with zero attached hydrogens (tertiary/aromatic N) is 2. The zero-order valence-corrected chi connectivity index (χ0v) is 30.8. The number of benzene rings is 4. The summed E-state index contributed by atoms with van der Waals surface area (Å²) in [6.07, 6.45) is 4.08. The minimum atomic E-state index is -5.33. The van der Waals surface area contributed by atoms with Crippen LogP contribution in [0, 0.1) is 23.3 Å². The molecule has 52 heavy (non-hydrogen) atoms. The van der Waals surface area contributed by atoms with Crippen LogP contribution in [0.1, 0.15) is 77.1 Å². The number of aromatic carboxylic acids is 1. The van der Waals surface area contributed by atoms with Gasteiger partial charge in [-0.05, 0) is 107 Å². The molecular weight excluding hydrogens is 792 g/mol. The number of hydrogen-bond donors (Lipinski definition) is 1. The molecule has 0 aliphatic heterocycles. The van der Waals surface area contributed by atoms with Crippen LogP contribution in [0.15, 0.2) is 70.0 Å². The number of carboxylic acids is 1. The Morgan fingerprint density at radius 1 is 0.885 bits per heavy atom. The van der Waals surface area contributed by atoms with Crippen molar-refractivity contribution < 1.29 is 45.4 Å². The summed E-state index contributed by atoms with van der Waals surface area (Å²) in [5, 5.41) is 9.76. The summed E-state index contributed by atoms with van der Waals surface area (Å²) in [5.74, 6) is -10.1. The number of halogens is 6. The monoisotopic (exact) mass is 822 g/mol. The van der Waals surface area contributed by atoms with E-state index in [4.69, 9.17) is 16.3 Å². The fourth-order valence-corrected chi connectivity index (χ4v) is 8.63. The Morgan fingerprint density at radius 2 is 1.50 bits per heavy atom. The number of rotatable bonds is 14. The Labute approximate surface area is 311 Å². The smallest absolute Gasteiger partial charge is 0.335 e. The van der Waals surface area contributed by atoms with Gasteiger partial charge in [0.05, 0.1) is 35.4 Å². The molecule has 0 aromatic heterocycles. The van der Waals surface area contributed by atoms with Crippen molar-refractivity contribution in [3.63, 3.8) is 0 Å². The van der Waals surface area contributed by atoms with E-state index in [1.54, 1.807) is 13.0 Å².